The number of carboxylic acids is 1. The summed E-state index contributed by atoms with van der Waals surface area (Å²) in [5.74, 6) is -2.35. The molecule has 2 aromatic rings. The molecule has 0 bridgehead atoms. The van der Waals surface area contributed by atoms with Crippen LogP contribution in [0.15, 0.2) is 60.5 Å². The lowest BCUT2D eigenvalue weighted by atomic mass is 10.2. The summed E-state index contributed by atoms with van der Waals surface area (Å²) in [4.78, 5) is 22.0. The van der Waals surface area contributed by atoms with Gasteiger partial charge in [-0.15, -0.1) is 0 Å². The van der Waals surface area contributed by atoms with E-state index in [4.69, 9.17) is 14.9 Å². The standard InChI is InChI=1S/C18H17NO5/c1-24-16-8-4-13(5-9-16)12-19-10-2-3-14(19)6-7-15(20)11-17(21)18(22)23/h2-11,21H,12H2,1H3,(H,22,23)/b7-6+,17-11-. The summed E-state index contributed by atoms with van der Waals surface area (Å²) in [6.07, 6.45) is 5.31. The van der Waals surface area contributed by atoms with E-state index >= 15 is 0 Å². The number of hydrogen-bond acceptors (Lipinski definition) is 4. The number of allylic oxidation sites excluding steroid dienone is 2. The Balaban J connectivity index is 2.09. The summed E-state index contributed by atoms with van der Waals surface area (Å²) in [5.41, 5.74) is 1.85. The van der Waals surface area contributed by atoms with Crippen LogP contribution in [0.2, 0.25) is 0 Å². The molecule has 24 heavy (non-hydrogen) atoms. The van der Waals surface area contributed by atoms with Crippen LogP contribution in [-0.4, -0.2) is 33.6 Å². The largest absolute Gasteiger partial charge is 0.502 e. The minimum atomic E-state index is -1.54. The zero-order valence-electron chi connectivity index (χ0n) is 13.0. The fourth-order valence-corrected chi connectivity index (χ4v) is 2.06. The molecule has 6 nitrogen and oxygen atoms in total. The summed E-state index contributed by atoms with van der Waals surface area (Å²) in [6.45, 7) is 0.612. The van der Waals surface area contributed by atoms with Crippen molar-refractivity contribution in [2.24, 2.45) is 0 Å². The Morgan fingerprint density at radius 3 is 2.50 bits per heavy atom. The number of aromatic nitrogens is 1. The molecule has 0 aliphatic heterocycles. The molecule has 0 radical (unpaired) electrons. The van der Waals surface area contributed by atoms with Gasteiger partial charge in [-0.2, -0.15) is 0 Å². The number of aliphatic hydroxyl groups excluding tert-OH is 1. The average Bonchev–Trinajstić information content (AvgIpc) is 3.00. The highest BCUT2D eigenvalue weighted by atomic mass is 16.5. The van der Waals surface area contributed by atoms with Crippen molar-refractivity contribution in [1.29, 1.82) is 0 Å². The number of carbonyl (C=O) groups excluding carboxylic acids is 1. The molecule has 6 heteroatoms. The zero-order valence-corrected chi connectivity index (χ0v) is 13.0. The number of ether oxygens (including phenoxy) is 1. The molecule has 2 rings (SSSR count). The van der Waals surface area contributed by atoms with Crippen molar-refractivity contribution in [1.82, 2.24) is 4.57 Å². The van der Waals surface area contributed by atoms with Gasteiger partial charge in [0.1, 0.15) is 5.75 Å². The molecule has 1 aromatic carbocycles. The van der Waals surface area contributed by atoms with Gasteiger partial charge in [0.2, 0.25) is 5.76 Å². The van der Waals surface area contributed by atoms with Gasteiger partial charge in [0.05, 0.1) is 7.11 Å². The van der Waals surface area contributed by atoms with Gasteiger partial charge in [0.15, 0.2) is 5.78 Å². The number of carbonyl (C=O) groups is 2. The molecular weight excluding hydrogens is 310 g/mol. The molecule has 2 N–H and O–H groups in total. The van der Waals surface area contributed by atoms with E-state index in [-0.39, 0.29) is 0 Å². The number of rotatable bonds is 7. The first kappa shape index (κ1) is 17.1. The number of methoxy groups -OCH3 is 1. The fourth-order valence-electron chi connectivity index (χ4n) is 2.06. The molecule has 0 atom stereocenters. The van der Waals surface area contributed by atoms with E-state index in [1.165, 1.54) is 6.08 Å². The van der Waals surface area contributed by atoms with Crippen molar-refractivity contribution in [3.63, 3.8) is 0 Å². The lowest BCUT2D eigenvalue weighted by molar-refractivity contribution is -0.135. The van der Waals surface area contributed by atoms with Crippen molar-refractivity contribution in [3.05, 3.63) is 71.8 Å². The Hall–Kier alpha value is -3.28. The monoisotopic (exact) mass is 327 g/mol. The van der Waals surface area contributed by atoms with E-state index in [2.05, 4.69) is 0 Å². The summed E-state index contributed by atoms with van der Waals surface area (Å²) in [7, 11) is 1.61. The quantitative estimate of drug-likeness (QED) is 0.603. The Kier molecular flexibility index (Phi) is 5.57. The first-order chi connectivity index (χ1) is 11.5. The van der Waals surface area contributed by atoms with E-state index in [1.54, 1.807) is 13.2 Å². The van der Waals surface area contributed by atoms with Crippen molar-refractivity contribution in [2.45, 2.75) is 6.54 Å². The number of nitrogens with zero attached hydrogens (tertiary/aromatic N) is 1. The topological polar surface area (TPSA) is 88.8 Å². The second-order valence-electron chi connectivity index (χ2n) is 4.98. The van der Waals surface area contributed by atoms with Gasteiger partial charge in [-0.1, -0.05) is 12.1 Å². The van der Waals surface area contributed by atoms with Crippen molar-refractivity contribution >= 4 is 17.8 Å². The molecule has 0 unspecified atom stereocenters. The zero-order chi connectivity index (χ0) is 17.5. The smallest absolute Gasteiger partial charge is 0.371 e. The predicted octanol–water partition coefficient (Wildman–Crippen LogP) is 2.65. The second-order valence-corrected chi connectivity index (χ2v) is 4.98. The number of carboxylic acid groups (broad SMARTS) is 1. The molecule has 0 saturated heterocycles. The van der Waals surface area contributed by atoms with Crippen LogP contribution in [0, 0.1) is 0 Å². The predicted molar refractivity (Wildman–Crippen MR) is 88.9 cm³/mol. The van der Waals surface area contributed by atoms with Crippen molar-refractivity contribution in [2.75, 3.05) is 7.11 Å². The maximum atomic E-state index is 11.6. The van der Waals surface area contributed by atoms with Crippen LogP contribution in [-0.2, 0) is 16.1 Å². The number of hydrogen-bond donors (Lipinski definition) is 2. The van der Waals surface area contributed by atoms with Gasteiger partial charge in [-0.3, -0.25) is 4.79 Å². The summed E-state index contributed by atoms with van der Waals surface area (Å²) >= 11 is 0. The molecule has 0 saturated carbocycles. The molecule has 1 aromatic heterocycles. The second kappa shape index (κ2) is 7.82. The van der Waals surface area contributed by atoms with Crippen LogP contribution in [0.4, 0.5) is 0 Å². The summed E-state index contributed by atoms with van der Waals surface area (Å²) in [6, 6.07) is 11.3. The highest BCUT2D eigenvalue weighted by molar-refractivity contribution is 6.05. The number of aliphatic hydroxyl groups is 1. The SMILES string of the molecule is COc1ccc(Cn2cccc2/C=C/C(=O)/C=C(\O)C(=O)O)cc1. The van der Waals surface area contributed by atoms with Gasteiger partial charge in [-0.05, 0) is 42.0 Å². The summed E-state index contributed by atoms with van der Waals surface area (Å²) < 4.78 is 7.06. The third-order valence-electron chi connectivity index (χ3n) is 3.29. The first-order valence-electron chi connectivity index (χ1n) is 7.13. The summed E-state index contributed by atoms with van der Waals surface area (Å²) in [5, 5.41) is 17.6. The highest BCUT2D eigenvalue weighted by Crippen LogP contribution is 2.14. The van der Waals surface area contributed by atoms with Crippen LogP contribution in [0.25, 0.3) is 6.08 Å². The van der Waals surface area contributed by atoms with Gasteiger partial charge in [0.25, 0.3) is 0 Å². The van der Waals surface area contributed by atoms with Gasteiger partial charge in [-0.25, -0.2) is 4.79 Å². The van der Waals surface area contributed by atoms with Gasteiger partial charge < -0.3 is 19.5 Å². The van der Waals surface area contributed by atoms with Crippen LogP contribution < -0.4 is 4.74 Å². The minimum Gasteiger partial charge on any atom is -0.502 e. The first-order valence-corrected chi connectivity index (χ1v) is 7.13. The Morgan fingerprint density at radius 2 is 1.88 bits per heavy atom. The third kappa shape index (κ3) is 4.61. The van der Waals surface area contributed by atoms with E-state index in [0.717, 1.165) is 17.0 Å². The maximum absolute atomic E-state index is 11.6. The highest BCUT2D eigenvalue weighted by Gasteiger charge is 2.05. The molecule has 0 spiro atoms. The van der Waals surface area contributed by atoms with E-state index in [9.17, 15) is 9.59 Å². The van der Waals surface area contributed by atoms with E-state index < -0.39 is 17.5 Å². The van der Waals surface area contributed by atoms with Crippen LogP contribution in [0.5, 0.6) is 5.75 Å². The minimum absolute atomic E-state index is 0.605. The van der Waals surface area contributed by atoms with Crippen molar-refractivity contribution in [3.8, 4) is 5.75 Å². The molecule has 1 heterocycles. The molecular formula is C18H17NO5. The normalized spacial score (nSPS) is 11.6. The van der Waals surface area contributed by atoms with Crippen LogP contribution in [0.3, 0.4) is 0 Å². The van der Waals surface area contributed by atoms with E-state index in [1.807, 2.05) is 47.2 Å². The number of ketones is 1. The number of aliphatic carboxylic acids is 1. The molecule has 124 valence electrons. The molecule has 0 fully saturated rings. The lowest BCUT2D eigenvalue weighted by Gasteiger charge is -2.07. The molecule has 0 aliphatic rings. The Morgan fingerprint density at radius 1 is 1.17 bits per heavy atom. The average molecular weight is 327 g/mol. The van der Waals surface area contributed by atoms with Crippen LogP contribution >= 0.6 is 0 Å². The fraction of sp³-hybridized carbons (Fsp3) is 0.111. The number of benzene rings is 1. The molecule has 0 amide bonds. The van der Waals surface area contributed by atoms with Gasteiger partial charge in [0, 0.05) is 24.5 Å². The third-order valence-corrected chi connectivity index (χ3v) is 3.29. The maximum Gasteiger partial charge on any atom is 0.371 e. The Bertz CT molecular complexity index is 784. The van der Waals surface area contributed by atoms with E-state index in [0.29, 0.717) is 12.6 Å². The van der Waals surface area contributed by atoms with Crippen LogP contribution in [0.1, 0.15) is 11.3 Å². The Labute approximate surface area is 138 Å². The van der Waals surface area contributed by atoms with Gasteiger partial charge >= 0.3 is 5.97 Å². The van der Waals surface area contributed by atoms with Crippen molar-refractivity contribution < 1.29 is 24.5 Å². The lowest BCUT2D eigenvalue weighted by Crippen LogP contribution is -2.02. The molecule has 0 aliphatic carbocycles.